The average molecular weight is 556 g/mol. The monoisotopic (exact) mass is 555 g/mol. The summed E-state index contributed by atoms with van der Waals surface area (Å²) in [5.74, 6) is 0. The minimum atomic E-state index is -0.211. The molecule has 0 N–H and O–H groups in total. The first-order valence-electron chi connectivity index (χ1n) is 9.57. The van der Waals surface area contributed by atoms with E-state index in [-0.39, 0.29) is 26.5 Å². The van der Waals surface area contributed by atoms with Gasteiger partial charge in [-0.25, -0.2) is 0 Å². The first kappa shape index (κ1) is 19.7. The summed E-state index contributed by atoms with van der Waals surface area (Å²) in [7, 11) is 0. The summed E-state index contributed by atoms with van der Waals surface area (Å²) in [5.41, 5.74) is 8.64. The van der Waals surface area contributed by atoms with Gasteiger partial charge in [0.2, 0.25) is 0 Å². The molecule has 0 amide bonds. The number of aromatic nitrogens is 2. The van der Waals surface area contributed by atoms with E-state index in [4.69, 9.17) is 4.98 Å². The van der Waals surface area contributed by atoms with Crippen molar-refractivity contribution in [2.24, 2.45) is 0 Å². The molecule has 0 saturated carbocycles. The summed E-state index contributed by atoms with van der Waals surface area (Å²) in [6.45, 7) is 4.41. The molecule has 0 unspecified atom stereocenters. The molecular weight excluding hydrogens is 535 g/mol. The van der Waals surface area contributed by atoms with Crippen LogP contribution in [0.2, 0.25) is 0 Å². The average Bonchev–Trinajstić information content (AvgIpc) is 3.12. The summed E-state index contributed by atoms with van der Waals surface area (Å²) in [5, 5.41) is 0. The number of benzene rings is 2. The van der Waals surface area contributed by atoms with Gasteiger partial charge < -0.3 is 0 Å². The van der Waals surface area contributed by atoms with Crippen LogP contribution in [0, 0.1) is 12.1 Å². The Morgan fingerprint density at radius 1 is 0.897 bits per heavy atom. The van der Waals surface area contributed by atoms with Gasteiger partial charge in [0.1, 0.15) is 0 Å². The van der Waals surface area contributed by atoms with E-state index in [0.29, 0.717) is 0 Å². The largest absolute Gasteiger partial charge is 2.00 e. The van der Waals surface area contributed by atoms with E-state index in [0.717, 1.165) is 40.2 Å². The summed E-state index contributed by atoms with van der Waals surface area (Å²) >= 11 is 0. The van der Waals surface area contributed by atoms with E-state index in [9.17, 15) is 0 Å². The number of hydrogen-bond acceptors (Lipinski definition) is 2. The van der Waals surface area contributed by atoms with E-state index >= 15 is 0 Å². The molecule has 2 aromatic carbocycles. The Hall–Kier alpha value is -2.57. The van der Waals surface area contributed by atoms with Crippen molar-refractivity contribution in [1.29, 1.82) is 0 Å². The quantitative estimate of drug-likeness (QED) is 0.270. The molecule has 0 radical (unpaired) electrons. The first-order chi connectivity index (χ1) is 13.6. The Labute approximate surface area is 186 Å². The number of hydrogen-bond donors (Lipinski definition) is 0. The molecule has 2 aromatic heterocycles. The SMILES string of the molecule is CC(C)(c1[c-]cccc1)c1ccc2c(n1)-c1[c-]c(-c3ccccn3)ccc1C2.[Pt+2]. The molecule has 1 aliphatic carbocycles. The second-order valence-electron chi connectivity index (χ2n) is 7.77. The molecule has 0 spiro atoms. The van der Waals surface area contributed by atoms with Crippen LogP contribution in [0.5, 0.6) is 0 Å². The van der Waals surface area contributed by atoms with Crippen molar-refractivity contribution in [2.45, 2.75) is 25.7 Å². The minimum Gasteiger partial charge on any atom is -0.295 e. The molecule has 2 heterocycles. The zero-order chi connectivity index (χ0) is 19.1. The minimum absolute atomic E-state index is 0. The molecule has 144 valence electrons. The normalized spacial score (nSPS) is 12.1. The van der Waals surface area contributed by atoms with E-state index in [1.807, 2.05) is 36.5 Å². The van der Waals surface area contributed by atoms with Crippen LogP contribution in [0.15, 0.2) is 72.9 Å². The maximum Gasteiger partial charge on any atom is 2.00 e. The summed E-state index contributed by atoms with van der Waals surface area (Å²) < 4.78 is 0. The van der Waals surface area contributed by atoms with Gasteiger partial charge in [0.05, 0.1) is 0 Å². The van der Waals surface area contributed by atoms with Crippen LogP contribution >= 0.6 is 0 Å². The third-order valence-corrected chi connectivity index (χ3v) is 5.59. The Balaban J connectivity index is 0.00000205. The standard InChI is InChI=1S/C26H20N2.Pt/c1-26(2,21-8-4-3-5-9-21)24-14-13-20-16-18-11-12-19(17-22(18)25(20)28-24)23-10-6-7-15-27-23;/h3-8,10-15H,16H2,1-2H3;/q-2;+2. The smallest absolute Gasteiger partial charge is 0.295 e. The topological polar surface area (TPSA) is 25.8 Å². The number of rotatable bonds is 3. The molecule has 2 nitrogen and oxygen atoms in total. The van der Waals surface area contributed by atoms with Gasteiger partial charge in [-0.15, -0.1) is 23.8 Å². The van der Waals surface area contributed by atoms with E-state index < -0.39 is 0 Å². The molecule has 0 bridgehead atoms. The van der Waals surface area contributed by atoms with Gasteiger partial charge in [-0.05, 0) is 18.6 Å². The maximum atomic E-state index is 5.11. The van der Waals surface area contributed by atoms with Crippen molar-refractivity contribution in [3.8, 4) is 22.5 Å². The molecule has 5 rings (SSSR count). The van der Waals surface area contributed by atoms with Gasteiger partial charge >= 0.3 is 21.1 Å². The van der Waals surface area contributed by atoms with Crippen molar-refractivity contribution < 1.29 is 21.1 Å². The molecular formula is C26H20N2Pt. The van der Waals surface area contributed by atoms with Crippen LogP contribution < -0.4 is 0 Å². The molecule has 1 aliphatic rings. The number of pyridine rings is 2. The fourth-order valence-electron chi connectivity index (χ4n) is 3.87. The van der Waals surface area contributed by atoms with Crippen LogP contribution in [-0.2, 0) is 32.9 Å². The molecule has 3 heteroatoms. The van der Waals surface area contributed by atoms with E-state index in [1.54, 1.807) is 0 Å². The van der Waals surface area contributed by atoms with Crippen molar-refractivity contribution >= 4 is 0 Å². The third kappa shape index (κ3) is 3.47. The maximum absolute atomic E-state index is 5.11. The predicted molar refractivity (Wildman–Crippen MR) is 112 cm³/mol. The Morgan fingerprint density at radius 2 is 1.72 bits per heavy atom. The van der Waals surface area contributed by atoms with Crippen molar-refractivity contribution in [3.63, 3.8) is 0 Å². The predicted octanol–water partition coefficient (Wildman–Crippen LogP) is 5.64. The van der Waals surface area contributed by atoms with Gasteiger partial charge in [0.15, 0.2) is 0 Å². The molecule has 0 aliphatic heterocycles. The van der Waals surface area contributed by atoms with Crippen molar-refractivity contribution in [3.05, 3.63) is 107 Å². The van der Waals surface area contributed by atoms with Gasteiger partial charge in [-0.2, -0.15) is 35.9 Å². The van der Waals surface area contributed by atoms with E-state index in [1.165, 1.54) is 11.1 Å². The van der Waals surface area contributed by atoms with Gasteiger partial charge in [0.25, 0.3) is 0 Å². The van der Waals surface area contributed by atoms with E-state index in [2.05, 4.69) is 67.4 Å². The van der Waals surface area contributed by atoms with Crippen LogP contribution in [0.1, 0.15) is 36.2 Å². The molecule has 29 heavy (non-hydrogen) atoms. The van der Waals surface area contributed by atoms with Crippen molar-refractivity contribution in [1.82, 2.24) is 9.97 Å². The Morgan fingerprint density at radius 3 is 2.48 bits per heavy atom. The Kier molecular flexibility index (Phi) is 5.23. The summed E-state index contributed by atoms with van der Waals surface area (Å²) in [6, 6.07) is 29.7. The van der Waals surface area contributed by atoms with Crippen LogP contribution in [-0.4, -0.2) is 9.97 Å². The summed E-state index contributed by atoms with van der Waals surface area (Å²) in [4.78, 5) is 9.58. The van der Waals surface area contributed by atoms with Crippen LogP contribution in [0.3, 0.4) is 0 Å². The summed E-state index contributed by atoms with van der Waals surface area (Å²) in [6.07, 6.45) is 2.73. The van der Waals surface area contributed by atoms with Gasteiger partial charge in [-0.3, -0.25) is 9.97 Å². The molecule has 4 aromatic rings. The number of nitrogens with zero attached hydrogens (tertiary/aromatic N) is 2. The van der Waals surface area contributed by atoms with Gasteiger partial charge in [0, 0.05) is 28.7 Å². The molecule has 0 fully saturated rings. The number of fused-ring (bicyclic) bond motifs is 3. The first-order valence-corrected chi connectivity index (χ1v) is 9.57. The second-order valence-corrected chi connectivity index (χ2v) is 7.77. The zero-order valence-corrected chi connectivity index (χ0v) is 18.6. The third-order valence-electron chi connectivity index (χ3n) is 5.59. The fourth-order valence-corrected chi connectivity index (χ4v) is 3.87. The van der Waals surface area contributed by atoms with Crippen LogP contribution in [0.4, 0.5) is 0 Å². The molecule has 0 atom stereocenters. The second kappa shape index (κ2) is 7.69. The van der Waals surface area contributed by atoms with Gasteiger partial charge in [-0.1, -0.05) is 48.7 Å². The zero-order valence-electron chi connectivity index (χ0n) is 16.3. The molecule has 0 saturated heterocycles. The van der Waals surface area contributed by atoms with Crippen molar-refractivity contribution in [2.75, 3.05) is 0 Å². The van der Waals surface area contributed by atoms with Crippen LogP contribution in [0.25, 0.3) is 22.5 Å². The fraction of sp³-hybridized carbons (Fsp3) is 0.154. The Bertz CT molecular complexity index is 1150.